The van der Waals surface area contributed by atoms with Gasteiger partial charge in [0.25, 0.3) is 0 Å². The number of methoxy groups -OCH3 is 1. The molecule has 0 amide bonds. The molecule has 1 aliphatic heterocycles. The van der Waals surface area contributed by atoms with Gasteiger partial charge in [-0.05, 0) is 31.2 Å². The van der Waals surface area contributed by atoms with Gasteiger partial charge in [0.1, 0.15) is 16.6 Å². The molecule has 0 aliphatic carbocycles. The van der Waals surface area contributed by atoms with Crippen LogP contribution in [0.2, 0.25) is 5.02 Å². The highest BCUT2D eigenvalue weighted by atomic mass is 35.5. The molecule has 6 nitrogen and oxygen atoms in total. The average Bonchev–Trinajstić information content (AvgIpc) is 3.07. The highest BCUT2D eigenvalue weighted by molar-refractivity contribution is 6.34. The Kier molecular flexibility index (Phi) is 4.43. The Balaban J connectivity index is 1.49. The van der Waals surface area contributed by atoms with Gasteiger partial charge in [-0.1, -0.05) is 29.8 Å². The van der Waals surface area contributed by atoms with Gasteiger partial charge >= 0.3 is 0 Å². The summed E-state index contributed by atoms with van der Waals surface area (Å²) in [6, 6.07) is 16.5. The van der Waals surface area contributed by atoms with Crippen LogP contribution in [0.5, 0.6) is 5.75 Å². The number of para-hydroxylation sites is 1. The molecule has 0 radical (unpaired) electrons. The highest BCUT2D eigenvalue weighted by Gasteiger charge is 2.23. The van der Waals surface area contributed by atoms with E-state index in [9.17, 15) is 0 Å². The molecule has 1 saturated heterocycles. The molecule has 5 rings (SSSR count). The maximum atomic E-state index is 6.50. The van der Waals surface area contributed by atoms with E-state index in [-0.39, 0.29) is 0 Å². The van der Waals surface area contributed by atoms with Crippen molar-refractivity contribution in [2.75, 3.05) is 43.1 Å². The van der Waals surface area contributed by atoms with Crippen LogP contribution in [0.15, 0.2) is 48.5 Å². The minimum absolute atomic E-state index is 0.618. The molecule has 2 aromatic carbocycles. The molecule has 29 heavy (non-hydrogen) atoms. The third-order valence-corrected chi connectivity index (χ3v) is 5.99. The number of nitrogens with zero attached hydrogens (tertiary/aromatic N) is 5. The Hall–Kier alpha value is -2.99. The molecule has 7 heteroatoms. The number of aromatic nitrogens is 3. The lowest BCUT2D eigenvalue weighted by Crippen LogP contribution is -2.47. The Morgan fingerprint density at radius 2 is 1.72 bits per heavy atom. The summed E-state index contributed by atoms with van der Waals surface area (Å²) in [5.74, 6) is 1.86. The molecule has 4 aromatic rings. The molecule has 2 aromatic heterocycles. The number of ether oxygens (including phenoxy) is 1. The quantitative estimate of drug-likeness (QED) is 0.509. The van der Waals surface area contributed by atoms with Crippen molar-refractivity contribution >= 4 is 39.7 Å². The summed E-state index contributed by atoms with van der Waals surface area (Å²) >= 11 is 6.50. The van der Waals surface area contributed by atoms with E-state index in [1.165, 1.54) is 5.69 Å². The number of piperazine rings is 1. The van der Waals surface area contributed by atoms with Gasteiger partial charge in [-0.25, -0.2) is 9.50 Å². The third kappa shape index (κ3) is 3.04. The molecular weight excluding hydrogens is 386 g/mol. The zero-order valence-electron chi connectivity index (χ0n) is 16.5. The van der Waals surface area contributed by atoms with E-state index in [1.807, 2.05) is 35.7 Å². The van der Waals surface area contributed by atoms with Crippen LogP contribution in [-0.4, -0.2) is 47.9 Å². The van der Waals surface area contributed by atoms with Gasteiger partial charge in [0.05, 0.1) is 18.3 Å². The standard InChI is InChI=1S/C22H22ClN5O/c1-15-20(23)22-24-21(18-8-3-4-9-19(18)28(22)25-15)27-12-10-26(11-13-27)16-6-5-7-17(14-16)29-2/h3-9,14H,10-13H2,1-2H3. The van der Waals surface area contributed by atoms with Crippen molar-refractivity contribution in [3.8, 4) is 5.75 Å². The topological polar surface area (TPSA) is 45.9 Å². The first-order valence-corrected chi connectivity index (χ1v) is 10.1. The number of benzene rings is 2. The van der Waals surface area contributed by atoms with E-state index >= 15 is 0 Å². The van der Waals surface area contributed by atoms with E-state index < -0.39 is 0 Å². The second-order valence-corrected chi connectivity index (χ2v) is 7.64. The van der Waals surface area contributed by atoms with Crippen LogP contribution in [-0.2, 0) is 0 Å². The van der Waals surface area contributed by atoms with Gasteiger partial charge in [0.2, 0.25) is 0 Å². The van der Waals surface area contributed by atoms with Gasteiger partial charge in [0, 0.05) is 43.3 Å². The number of hydrogen-bond donors (Lipinski definition) is 0. The first-order valence-electron chi connectivity index (χ1n) is 9.73. The first-order chi connectivity index (χ1) is 14.2. The van der Waals surface area contributed by atoms with E-state index in [2.05, 4.69) is 39.2 Å². The molecule has 0 atom stereocenters. The second kappa shape index (κ2) is 7.12. The zero-order valence-corrected chi connectivity index (χ0v) is 17.2. The Labute approximate surface area is 174 Å². The lowest BCUT2D eigenvalue weighted by molar-refractivity contribution is 0.414. The average molecular weight is 408 g/mol. The number of anilines is 2. The van der Waals surface area contributed by atoms with Crippen LogP contribution in [0.25, 0.3) is 16.6 Å². The number of hydrogen-bond acceptors (Lipinski definition) is 5. The maximum Gasteiger partial charge on any atom is 0.176 e. The normalized spacial score (nSPS) is 14.7. The van der Waals surface area contributed by atoms with E-state index in [0.29, 0.717) is 10.7 Å². The van der Waals surface area contributed by atoms with Crippen molar-refractivity contribution < 1.29 is 4.74 Å². The Morgan fingerprint density at radius 3 is 2.52 bits per heavy atom. The first kappa shape index (κ1) is 18.1. The summed E-state index contributed by atoms with van der Waals surface area (Å²) in [7, 11) is 1.70. The minimum atomic E-state index is 0.618. The Morgan fingerprint density at radius 1 is 0.966 bits per heavy atom. The maximum absolute atomic E-state index is 6.50. The predicted octanol–water partition coefficient (Wildman–Crippen LogP) is 4.18. The summed E-state index contributed by atoms with van der Waals surface area (Å²) in [6.45, 7) is 5.52. The fraction of sp³-hybridized carbons (Fsp3) is 0.273. The number of halogens is 1. The van der Waals surface area contributed by atoms with Crippen LogP contribution in [0, 0.1) is 6.92 Å². The second-order valence-electron chi connectivity index (χ2n) is 7.26. The molecule has 0 bridgehead atoms. The van der Waals surface area contributed by atoms with Crippen molar-refractivity contribution in [1.82, 2.24) is 14.6 Å². The van der Waals surface area contributed by atoms with Crippen molar-refractivity contribution in [2.45, 2.75) is 6.92 Å². The largest absolute Gasteiger partial charge is 0.497 e. The van der Waals surface area contributed by atoms with E-state index in [0.717, 1.165) is 54.3 Å². The van der Waals surface area contributed by atoms with E-state index in [4.69, 9.17) is 21.3 Å². The van der Waals surface area contributed by atoms with Gasteiger partial charge in [-0.15, -0.1) is 0 Å². The van der Waals surface area contributed by atoms with Crippen LogP contribution in [0.1, 0.15) is 5.69 Å². The summed E-state index contributed by atoms with van der Waals surface area (Å²) in [5, 5.41) is 6.29. The zero-order chi connectivity index (χ0) is 20.0. The van der Waals surface area contributed by atoms with Crippen molar-refractivity contribution in [2.24, 2.45) is 0 Å². The molecular formula is C22H22ClN5O. The molecule has 0 N–H and O–H groups in total. The van der Waals surface area contributed by atoms with Crippen molar-refractivity contribution in [3.05, 3.63) is 59.2 Å². The Bertz CT molecular complexity index is 1200. The van der Waals surface area contributed by atoms with Gasteiger partial charge < -0.3 is 14.5 Å². The summed E-state index contributed by atoms with van der Waals surface area (Å²) in [4.78, 5) is 9.66. The van der Waals surface area contributed by atoms with Gasteiger partial charge in [0.15, 0.2) is 5.65 Å². The number of aryl methyl sites for hydroxylation is 1. The molecule has 148 valence electrons. The third-order valence-electron chi connectivity index (χ3n) is 5.55. The predicted molar refractivity (Wildman–Crippen MR) is 118 cm³/mol. The van der Waals surface area contributed by atoms with Crippen molar-refractivity contribution in [1.29, 1.82) is 0 Å². The summed E-state index contributed by atoms with van der Waals surface area (Å²) in [5.41, 5.74) is 3.72. The molecule has 1 aliphatic rings. The smallest absolute Gasteiger partial charge is 0.176 e. The van der Waals surface area contributed by atoms with Gasteiger partial charge in [-0.2, -0.15) is 5.10 Å². The molecule has 3 heterocycles. The molecule has 0 saturated carbocycles. The number of fused-ring (bicyclic) bond motifs is 3. The highest BCUT2D eigenvalue weighted by Crippen LogP contribution is 2.31. The fourth-order valence-corrected chi connectivity index (χ4v) is 4.15. The monoisotopic (exact) mass is 407 g/mol. The van der Waals surface area contributed by atoms with Crippen molar-refractivity contribution in [3.63, 3.8) is 0 Å². The van der Waals surface area contributed by atoms with Crippen LogP contribution >= 0.6 is 11.6 Å². The lowest BCUT2D eigenvalue weighted by Gasteiger charge is -2.37. The minimum Gasteiger partial charge on any atom is -0.497 e. The lowest BCUT2D eigenvalue weighted by atomic mass is 10.2. The molecule has 0 unspecified atom stereocenters. The summed E-state index contributed by atoms with van der Waals surface area (Å²) < 4.78 is 7.22. The summed E-state index contributed by atoms with van der Waals surface area (Å²) in [6.07, 6.45) is 0. The van der Waals surface area contributed by atoms with Gasteiger partial charge in [-0.3, -0.25) is 0 Å². The molecule has 1 fully saturated rings. The fourth-order valence-electron chi connectivity index (χ4n) is 3.99. The molecule has 0 spiro atoms. The van der Waals surface area contributed by atoms with Crippen LogP contribution in [0.3, 0.4) is 0 Å². The van der Waals surface area contributed by atoms with Crippen LogP contribution < -0.4 is 14.5 Å². The SMILES string of the molecule is COc1cccc(N2CCN(c3nc4c(Cl)c(C)nn4c4ccccc34)CC2)c1. The van der Waals surface area contributed by atoms with Crippen LogP contribution in [0.4, 0.5) is 11.5 Å². The number of rotatable bonds is 3. The van der Waals surface area contributed by atoms with E-state index in [1.54, 1.807) is 7.11 Å².